The van der Waals surface area contributed by atoms with E-state index in [-0.39, 0.29) is 5.56 Å². The lowest BCUT2D eigenvalue weighted by Gasteiger charge is -2.37. The molecule has 0 N–H and O–H groups in total. The van der Waals surface area contributed by atoms with Crippen LogP contribution in [-0.4, -0.2) is 40.0 Å². The quantitative estimate of drug-likeness (QED) is 0.871. The van der Waals surface area contributed by atoms with Crippen LogP contribution in [0.5, 0.6) is 0 Å². The smallest absolute Gasteiger partial charge is 0.268 e. The Morgan fingerprint density at radius 3 is 2.87 bits per heavy atom. The molecule has 4 rings (SSSR count). The van der Waals surface area contributed by atoms with Crippen LogP contribution in [0.1, 0.15) is 19.3 Å². The maximum atomic E-state index is 12.2. The van der Waals surface area contributed by atoms with Gasteiger partial charge in [0.25, 0.3) is 5.56 Å². The van der Waals surface area contributed by atoms with Crippen molar-refractivity contribution in [1.29, 1.82) is 0 Å². The molecule has 5 heteroatoms. The molecule has 1 aromatic carbocycles. The number of morpholine rings is 1. The van der Waals surface area contributed by atoms with Crippen molar-refractivity contribution in [3.63, 3.8) is 0 Å². The van der Waals surface area contributed by atoms with Crippen LogP contribution >= 0.6 is 0 Å². The molecule has 2 atom stereocenters. The van der Waals surface area contributed by atoms with E-state index in [1.54, 1.807) is 16.8 Å². The number of ether oxygens (including phenoxy) is 1. The zero-order valence-electron chi connectivity index (χ0n) is 13.1. The minimum absolute atomic E-state index is 0.0503. The summed E-state index contributed by atoms with van der Waals surface area (Å²) in [6.07, 6.45) is 3.82. The largest absolute Gasteiger partial charge is 0.375 e. The van der Waals surface area contributed by atoms with Gasteiger partial charge in [0.05, 0.1) is 25.1 Å². The fourth-order valence-corrected chi connectivity index (χ4v) is 3.67. The first-order valence-corrected chi connectivity index (χ1v) is 8.30. The summed E-state index contributed by atoms with van der Waals surface area (Å²) in [5.74, 6) is 0. The minimum Gasteiger partial charge on any atom is -0.375 e. The van der Waals surface area contributed by atoms with Crippen LogP contribution in [0.25, 0.3) is 11.3 Å². The molecule has 0 bridgehead atoms. The summed E-state index contributed by atoms with van der Waals surface area (Å²) in [7, 11) is 0. The number of hydrogen-bond donors (Lipinski definition) is 0. The maximum absolute atomic E-state index is 12.2. The highest BCUT2D eigenvalue weighted by atomic mass is 16.5. The van der Waals surface area contributed by atoms with E-state index in [0.717, 1.165) is 37.3 Å². The van der Waals surface area contributed by atoms with Crippen LogP contribution in [0.3, 0.4) is 0 Å². The molecule has 2 heterocycles. The Morgan fingerprint density at radius 1 is 1.13 bits per heavy atom. The molecule has 2 aliphatic rings. The number of hydrogen-bond acceptors (Lipinski definition) is 4. The molecule has 1 aliphatic heterocycles. The molecule has 23 heavy (non-hydrogen) atoms. The highest BCUT2D eigenvalue weighted by Crippen LogP contribution is 2.29. The van der Waals surface area contributed by atoms with Gasteiger partial charge < -0.3 is 4.74 Å². The molecule has 0 spiro atoms. The Bertz CT molecular complexity index is 729. The second-order valence-corrected chi connectivity index (χ2v) is 6.28. The molecule has 1 aromatic heterocycles. The molecule has 0 unspecified atom stereocenters. The molecule has 0 radical (unpaired) electrons. The predicted molar refractivity (Wildman–Crippen MR) is 88.0 cm³/mol. The highest BCUT2D eigenvalue weighted by Gasteiger charge is 2.36. The second-order valence-electron chi connectivity index (χ2n) is 6.28. The van der Waals surface area contributed by atoms with E-state index in [4.69, 9.17) is 4.74 Å². The topological polar surface area (TPSA) is 47.4 Å². The first kappa shape index (κ1) is 14.6. The van der Waals surface area contributed by atoms with Gasteiger partial charge in [0.15, 0.2) is 0 Å². The molecular formula is C18H21N3O2. The van der Waals surface area contributed by atoms with Crippen LogP contribution in [0.2, 0.25) is 0 Å². The molecule has 2 fully saturated rings. The fraction of sp³-hybridized carbons (Fsp3) is 0.444. The van der Waals surface area contributed by atoms with Crippen LogP contribution in [0, 0.1) is 0 Å². The SMILES string of the molecule is O=c1ccc(-c2ccccc2)nn1CN1CCO[C@H]2CCC[C@@H]21. The van der Waals surface area contributed by atoms with Crippen molar-refractivity contribution in [2.24, 2.45) is 0 Å². The van der Waals surface area contributed by atoms with E-state index in [0.29, 0.717) is 18.8 Å². The van der Waals surface area contributed by atoms with Gasteiger partial charge >= 0.3 is 0 Å². The van der Waals surface area contributed by atoms with E-state index in [2.05, 4.69) is 10.00 Å². The van der Waals surface area contributed by atoms with Crippen molar-refractivity contribution in [1.82, 2.24) is 14.7 Å². The van der Waals surface area contributed by atoms with E-state index in [1.807, 2.05) is 30.3 Å². The van der Waals surface area contributed by atoms with Gasteiger partial charge in [-0.1, -0.05) is 30.3 Å². The summed E-state index contributed by atoms with van der Waals surface area (Å²) in [5, 5.41) is 4.57. The molecular weight excluding hydrogens is 290 g/mol. The lowest BCUT2D eigenvalue weighted by molar-refractivity contribution is -0.0686. The molecule has 1 aliphatic carbocycles. The van der Waals surface area contributed by atoms with Gasteiger partial charge in [0, 0.05) is 24.2 Å². The number of nitrogens with zero attached hydrogens (tertiary/aromatic N) is 3. The Hall–Kier alpha value is -1.98. The van der Waals surface area contributed by atoms with Gasteiger partial charge in [0.1, 0.15) is 0 Å². The normalized spacial score (nSPS) is 24.5. The summed E-state index contributed by atoms with van der Waals surface area (Å²) in [4.78, 5) is 14.6. The van der Waals surface area contributed by atoms with E-state index < -0.39 is 0 Å². The van der Waals surface area contributed by atoms with Gasteiger partial charge in [-0.25, -0.2) is 4.68 Å². The molecule has 2 aromatic rings. The minimum atomic E-state index is -0.0503. The summed E-state index contributed by atoms with van der Waals surface area (Å²) in [5.41, 5.74) is 1.81. The zero-order valence-corrected chi connectivity index (χ0v) is 13.1. The fourth-order valence-electron chi connectivity index (χ4n) is 3.67. The lowest BCUT2D eigenvalue weighted by Crippen LogP contribution is -2.50. The van der Waals surface area contributed by atoms with Crippen LogP contribution in [0.4, 0.5) is 0 Å². The van der Waals surface area contributed by atoms with Crippen molar-refractivity contribution in [2.75, 3.05) is 13.2 Å². The monoisotopic (exact) mass is 311 g/mol. The van der Waals surface area contributed by atoms with E-state index in [9.17, 15) is 4.79 Å². The Morgan fingerprint density at radius 2 is 2.00 bits per heavy atom. The van der Waals surface area contributed by atoms with E-state index in [1.165, 1.54) is 6.42 Å². The van der Waals surface area contributed by atoms with Gasteiger partial charge in [0.2, 0.25) is 0 Å². The lowest BCUT2D eigenvalue weighted by atomic mass is 10.1. The van der Waals surface area contributed by atoms with E-state index >= 15 is 0 Å². The van der Waals surface area contributed by atoms with Crippen LogP contribution in [-0.2, 0) is 11.4 Å². The van der Waals surface area contributed by atoms with Crippen molar-refractivity contribution in [3.8, 4) is 11.3 Å². The summed E-state index contributed by atoms with van der Waals surface area (Å²) in [6, 6.07) is 13.8. The molecule has 1 saturated carbocycles. The number of fused-ring (bicyclic) bond motifs is 1. The molecule has 120 valence electrons. The van der Waals surface area contributed by atoms with Gasteiger partial charge in [-0.2, -0.15) is 5.10 Å². The van der Waals surface area contributed by atoms with Crippen molar-refractivity contribution >= 4 is 0 Å². The van der Waals surface area contributed by atoms with Crippen LogP contribution < -0.4 is 5.56 Å². The third-order valence-electron chi connectivity index (χ3n) is 4.85. The Labute approximate surface area is 135 Å². The van der Waals surface area contributed by atoms with Crippen molar-refractivity contribution in [3.05, 3.63) is 52.8 Å². The Balaban J connectivity index is 1.60. The third kappa shape index (κ3) is 2.94. The third-order valence-corrected chi connectivity index (χ3v) is 4.85. The van der Waals surface area contributed by atoms with Crippen LogP contribution in [0.15, 0.2) is 47.3 Å². The Kier molecular flexibility index (Phi) is 3.97. The summed E-state index contributed by atoms with van der Waals surface area (Å²) >= 11 is 0. The standard InChI is InChI=1S/C18H21N3O2/c22-18-10-9-15(14-5-2-1-3-6-14)19-21(18)13-20-11-12-23-17-8-4-7-16(17)20/h1-3,5-6,9-10,16-17H,4,7-8,11-13H2/t16-,17-/m0/s1. The first-order chi connectivity index (χ1) is 11.3. The summed E-state index contributed by atoms with van der Waals surface area (Å²) in [6.45, 7) is 2.16. The number of benzene rings is 1. The average molecular weight is 311 g/mol. The second kappa shape index (κ2) is 6.26. The van der Waals surface area contributed by atoms with Crippen molar-refractivity contribution in [2.45, 2.75) is 38.1 Å². The highest BCUT2D eigenvalue weighted by molar-refractivity contribution is 5.57. The van der Waals surface area contributed by atoms with Crippen molar-refractivity contribution < 1.29 is 4.74 Å². The predicted octanol–water partition coefficient (Wildman–Crippen LogP) is 2.12. The van der Waals surface area contributed by atoms with Gasteiger partial charge in [-0.15, -0.1) is 0 Å². The summed E-state index contributed by atoms with van der Waals surface area (Å²) < 4.78 is 7.43. The molecule has 1 saturated heterocycles. The first-order valence-electron chi connectivity index (χ1n) is 8.30. The molecule has 5 nitrogen and oxygen atoms in total. The number of rotatable bonds is 3. The molecule has 0 amide bonds. The van der Waals surface area contributed by atoms with Gasteiger partial charge in [-0.05, 0) is 25.3 Å². The average Bonchev–Trinajstić information content (AvgIpc) is 3.07. The zero-order chi connectivity index (χ0) is 15.6. The van der Waals surface area contributed by atoms with Gasteiger partial charge in [-0.3, -0.25) is 9.69 Å². The number of aromatic nitrogens is 2. The maximum Gasteiger partial charge on any atom is 0.268 e.